The molecule has 2 rings (SSSR count). The van der Waals surface area contributed by atoms with Gasteiger partial charge in [-0.05, 0) is 18.6 Å². The number of nitrogens with zero attached hydrogens (tertiary/aromatic N) is 1. The third kappa shape index (κ3) is 7.56. The molecule has 1 aromatic carbocycles. The molecule has 1 heterocycles. The van der Waals surface area contributed by atoms with E-state index in [4.69, 9.17) is 4.74 Å². The summed E-state index contributed by atoms with van der Waals surface area (Å²) in [7, 11) is 1.22. The summed E-state index contributed by atoms with van der Waals surface area (Å²) in [5.41, 5.74) is -0.537. The predicted octanol–water partition coefficient (Wildman–Crippen LogP) is 4.85. The molecule has 0 amide bonds. The van der Waals surface area contributed by atoms with Crippen LogP contribution in [0.2, 0.25) is 0 Å². The van der Waals surface area contributed by atoms with Gasteiger partial charge in [0.1, 0.15) is 5.75 Å². The van der Waals surface area contributed by atoms with Crippen LogP contribution in [0.15, 0.2) is 18.2 Å². The number of rotatable bonds is 5. The number of methoxy groups -OCH3 is 1. The summed E-state index contributed by atoms with van der Waals surface area (Å²) >= 11 is 0. The van der Waals surface area contributed by atoms with E-state index in [0.717, 1.165) is 12.1 Å². The zero-order valence-corrected chi connectivity index (χ0v) is 16.1. The average Bonchev–Trinajstić information content (AvgIpc) is 2.54. The van der Waals surface area contributed by atoms with E-state index in [9.17, 15) is 26.3 Å². The van der Waals surface area contributed by atoms with Crippen LogP contribution >= 0.6 is 24.8 Å². The van der Waals surface area contributed by atoms with Crippen LogP contribution in [-0.2, 0) is 6.18 Å². The van der Waals surface area contributed by atoms with Gasteiger partial charge in [0.25, 0.3) is 0 Å². The molecule has 0 radical (unpaired) electrons. The molecular weight excluding hydrogens is 421 g/mol. The van der Waals surface area contributed by atoms with Crippen LogP contribution in [0.1, 0.15) is 30.0 Å². The van der Waals surface area contributed by atoms with E-state index in [1.165, 1.54) is 13.2 Å². The van der Waals surface area contributed by atoms with Gasteiger partial charge in [0.2, 0.25) is 0 Å². The van der Waals surface area contributed by atoms with Crippen molar-refractivity contribution in [3.05, 3.63) is 29.3 Å². The molecule has 1 aliphatic rings. The molecule has 1 N–H and O–H groups in total. The number of hydrogen-bond donors (Lipinski definition) is 1. The maximum absolute atomic E-state index is 12.9. The average molecular weight is 443 g/mol. The van der Waals surface area contributed by atoms with Crippen LogP contribution in [0.25, 0.3) is 0 Å². The van der Waals surface area contributed by atoms with E-state index in [-0.39, 0.29) is 37.0 Å². The lowest BCUT2D eigenvalue weighted by Crippen LogP contribution is -2.45. The molecule has 0 aliphatic carbocycles. The Hall–Kier alpha value is -0.900. The first-order chi connectivity index (χ1) is 11.6. The summed E-state index contributed by atoms with van der Waals surface area (Å²) in [5, 5.41) is 3.11. The van der Waals surface area contributed by atoms with Gasteiger partial charge >= 0.3 is 12.4 Å². The summed E-state index contributed by atoms with van der Waals surface area (Å²) in [4.78, 5) is 1.85. The van der Waals surface area contributed by atoms with Crippen LogP contribution in [0.3, 0.4) is 0 Å². The Morgan fingerprint density at radius 2 is 1.67 bits per heavy atom. The van der Waals surface area contributed by atoms with Gasteiger partial charge in [0, 0.05) is 44.2 Å². The summed E-state index contributed by atoms with van der Waals surface area (Å²) in [5.74, 6) is -0.0412. The highest BCUT2D eigenvalue weighted by Gasteiger charge is 2.35. The van der Waals surface area contributed by atoms with Crippen LogP contribution < -0.4 is 10.1 Å². The molecule has 11 heteroatoms. The minimum absolute atomic E-state index is 0. The van der Waals surface area contributed by atoms with Crippen molar-refractivity contribution in [2.75, 3.05) is 33.3 Å². The van der Waals surface area contributed by atoms with Gasteiger partial charge < -0.3 is 10.1 Å². The molecule has 0 aromatic heterocycles. The van der Waals surface area contributed by atoms with Crippen molar-refractivity contribution in [3.8, 4) is 5.75 Å². The normalized spacial score (nSPS) is 16.9. The Bertz CT molecular complexity index is 577. The lowest BCUT2D eigenvalue weighted by atomic mass is 9.96. The SMILES string of the molecule is COc1cc(C(F)(F)F)ccc1[C@@H](CCC(F)(F)F)N1CCNCC1.Cl.Cl. The van der Waals surface area contributed by atoms with Gasteiger partial charge in [-0.2, -0.15) is 26.3 Å². The first-order valence-corrected chi connectivity index (χ1v) is 7.88. The molecule has 27 heavy (non-hydrogen) atoms. The van der Waals surface area contributed by atoms with Crippen LogP contribution in [-0.4, -0.2) is 44.4 Å². The Balaban J connectivity index is 0.00000338. The van der Waals surface area contributed by atoms with Crippen molar-refractivity contribution in [2.24, 2.45) is 0 Å². The Morgan fingerprint density at radius 3 is 2.15 bits per heavy atom. The fourth-order valence-corrected chi connectivity index (χ4v) is 2.99. The minimum Gasteiger partial charge on any atom is -0.496 e. The number of alkyl halides is 6. The van der Waals surface area contributed by atoms with E-state index in [1.54, 1.807) is 0 Å². The monoisotopic (exact) mass is 442 g/mol. The molecular formula is C16H22Cl2F6N2O. The second-order valence-electron chi connectivity index (χ2n) is 5.91. The Labute approximate surface area is 166 Å². The van der Waals surface area contributed by atoms with Crippen LogP contribution in [0, 0.1) is 0 Å². The largest absolute Gasteiger partial charge is 0.496 e. The molecule has 1 aromatic rings. The van der Waals surface area contributed by atoms with Crippen molar-refractivity contribution in [1.29, 1.82) is 0 Å². The van der Waals surface area contributed by atoms with E-state index in [2.05, 4.69) is 5.32 Å². The summed E-state index contributed by atoms with van der Waals surface area (Å²) < 4.78 is 81.8. The van der Waals surface area contributed by atoms with Gasteiger partial charge in [-0.1, -0.05) is 6.07 Å². The van der Waals surface area contributed by atoms with Gasteiger partial charge in [-0.15, -0.1) is 24.8 Å². The smallest absolute Gasteiger partial charge is 0.416 e. The number of benzene rings is 1. The maximum atomic E-state index is 12.9. The van der Waals surface area contributed by atoms with Crippen molar-refractivity contribution < 1.29 is 31.1 Å². The highest BCUT2D eigenvalue weighted by Crippen LogP contribution is 2.39. The summed E-state index contributed by atoms with van der Waals surface area (Å²) in [6.07, 6.45) is -10.1. The van der Waals surface area contributed by atoms with E-state index < -0.39 is 30.4 Å². The highest BCUT2D eigenvalue weighted by molar-refractivity contribution is 5.85. The van der Waals surface area contributed by atoms with Gasteiger partial charge in [0.05, 0.1) is 12.7 Å². The highest BCUT2D eigenvalue weighted by atomic mass is 35.5. The third-order valence-corrected chi connectivity index (χ3v) is 4.21. The van der Waals surface area contributed by atoms with Gasteiger partial charge in [-0.25, -0.2) is 0 Å². The molecule has 1 aliphatic heterocycles. The quantitative estimate of drug-likeness (QED) is 0.659. The van der Waals surface area contributed by atoms with Gasteiger partial charge in [-0.3, -0.25) is 4.90 Å². The number of halogens is 8. The van der Waals surface area contributed by atoms with E-state index in [1.807, 2.05) is 4.90 Å². The van der Waals surface area contributed by atoms with Gasteiger partial charge in [0.15, 0.2) is 0 Å². The second kappa shape index (κ2) is 10.6. The van der Waals surface area contributed by atoms with Crippen molar-refractivity contribution >= 4 is 24.8 Å². The number of ether oxygens (including phenoxy) is 1. The molecule has 3 nitrogen and oxygen atoms in total. The molecule has 1 saturated heterocycles. The standard InChI is InChI=1S/C16H20F6N2O.2ClH/c1-25-14-10-11(16(20,21)22)2-3-12(14)13(4-5-15(17,18)19)24-8-6-23-7-9-24;;/h2-3,10,13,23H,4-9H2,1H3;2*1H/t13-;;/m1../s1. The minimum atomic E-state index is -4.54. The lowest BCUT2D eigenvalue weighted by Gasteiger charge is -2.36. The topological polar surface area (TPSA) is 24.5 Å². The first-order valence-electron chi connectivity index (χ1n) is 7.88. The molecule has 1 atom stereocenters. The third-order valence-electron chi connectivity index (χ3n) is 4.21. The van der Waals surface area contributed by atoms with E-state index >= 15 is 0 Å². The second-order valence-corrected chi connectivity index (χ2v) is 5.91. The number of piperazine rings is 1. The zero-order chi connectivity index (χ0) is 18.7. The molecule has 158 valence electrons. The van der Waals surface area contributed by atoms with E-state index in [0.29, 0.717) is 31.7 Å². The van der Waals surface area contributed by atoms with Crippen molar-refractivity contribution in [1.82, 2.24) is 10.2 Å². The maximum Gasteiger partial charge on any atom is 0.416 e. The van der Waals surface area contributed by atoms with Crippen LogP contribution in [0.4, 0.5) is 26.3 Å². The fraction of sp³-hybridized carbons (Fsp3) is 0.625. The molecule has 0 saturated carbocycles. The molecule has 0 bridgehead atoms. The fourth-order valence-electron chi connectivity index (χ4n) is 2.99. The predicted molar refractivity (Wildman–Crippen MR) is 95.0 cm³/mol. The van der Waals surface area contributed by atoms with Crippen molar-refractivity contribution in [3.63, 3.8) is 0 Å². The van der Waals surface area contributed by atoms with Crippen LogP contribution in [0.5, 0.6) is 5.75 Å². The first kappa shape index (κ1) is 26.1. The number of hydrogen-bond acceptors (Lipinski definition) is 3. The summed E-state index contributed by atoms with van der Waals surface area (Å²) in [6.45, 7) is 2.27. The Kier molecular flexibility index (Phi) is 10.2. The zero-order valence-electron chi connectivity index (χ0n) is 14.5. The summed E-state index contributed by atoms with van der Waals surface area (Å²) in [6, 6.07) is 2.31. The lowest BCUT2D eigenvalue weighted by molar-refractivity contribution is -0.138. The number of nitrogens with one attached hydrogen (secondary N) is 1. The Morgan fingerprint density at radius 1 is 1.07 bits per heavy atom. The molecule has 1 fully saturated rings. The molecule has 0 unspecified atom stereocenters. The van der Waals surface area contributed by atoms with Crippen molar-refractivity contribution in [2.45, 2.75) is 31.2 Å². The molecule has 0 spiro atoms.